The van der Waals surface area contributed by atoms with Crippen molar-refractivity contribution in [3.63, 3.8) is 0 Å². The molecule has 2 aliphatic rings. The molecule has 1 unspecified atom stereocenters. The third-order valence-corrected chi connectivity index (χ3v) is 7.25. The molecular weight excluding hydrogens is 336 g/mol. The summed E-state index contributed by atoms with van der Waals surface area (Å²) < 4.78 is 30.2. The maximum absolute atomic E-state index is 12.8. The zero-order valence-corrected chi connectivity index (χ0v) is 16.4. The van der Waals surface area contributed by atoms with Gasteiger partial charge in [-0.1, -0.05) is 25.7 Å². The van der Waals surface area contributed by atoms with Crippen LogP contribution >= 0.6 is 0 Å². The average Bonchev–Trinajstić information content (AvgIpc) is 2.80. The van der Waals surface area contributed by atoms with Crippen molar-refractivity contribution in [3.05, 3.63) is 11.9 Å². The molecule has 1 aliphatic heterocycles. The Morgan fingerprint density at radius 2 is 1.88 bits per heavy atom. The van der Waals surface area contributed by atoms with Gasteiger partial charge in [-0.25, -0.2) is 13.1 Å². The van der Waals surface area contributed by atoms with Crippen LogP contribution in [0.5, 0.6) is 0 Å². The monoisotopic (exact) mass is 368 g/mol. The van der Waals surface area contributed by atoms with E-state index < -0.39 is 10.0 Å². The van der Waals surface area contributed by atoms with Crippen molar-refractivity contribution < 1.29 is 8.42 Å². The van der Waals surface area contributed by atoms with Gasteiger partial charge in [-0.15, -0.1) is 0 Å². The first-order valence-electron chi connectivity index (χ1n) is 9.80. The molecule has 1 atom stereocenters. The number of hydrogen-bond donors (Lipinski definition) is 1. The van der Waals surface area contributed by atoms with E-state index in [2.05, 4.69) is 14.7 Å². The number of aromatic nitrogens is 2. The fraction of sp³-hybridized carbons (Fsp3) is 0.833. The Hall–Kier alpha value is -0.920. The summed E-state index contributed by atoms with van der Waals surface area (Å²) in [4.78, 5) is 2.85. The third kappa shape index (κ3) is 4.63. The lowest BCUT2D eigenvalue weighted by atomic mass is 10.0. The van der Waals surface area contributed by atoms with Crippen LogP contribution in [0, 0.1) is 6.92 Å². The molecule has 1 aromatic rings. The van der Waals surface area contributed by atoms with E-state index >= 15 is 0 Å². The lowest BCUT2D eigenvalue weighted by Gasteiger charge is -2.38. The molecule has 1 saturated heterocycles. The number of aryl methyl sites for hydroxylation is 2. The normalized spacial score (nSPS) is 24.3. The second-order valence-corrected chi connectivity index (χ2v) is 9.22. The van der Waals surface area contributed by atoms with Gasteiger partial charge in [-0.05, 0) is 46.1 Å². The van der Waals surface area contributed by atoms with Crippen molar-refractivity contribution >= 4 is 10.0 Å². The Balaban J connectivity index is 1.66. The van der Waals surface area contributed by atoms with E-state index in [0.29, 0.717) is 23.2 Å². The highest BCUT2D eigenvalue weighted by Gasteiger charge is 2.30. The standard InChI is InChI=1S/C18H32N4O2S/c1-3-22-14-18(15(2)19-22)25(23,24)20-16-9-8-12-21(13-16)17-10-6-4-5-7-11-17/h14,16-17,20H,3-13H2,1-2H3. The molecule has 0 amide bonds. The highest BCUT2D eigenvalue weighted by atomic mass is 32.2. The highest BCUT2D eigenvalue weighted by molar-refractivity contribution is 7.89. The topological polar surface area (TPSA) is 67.2 Å². The summed E-state index contributed by atoms with van der Waals surface area (Å²) in [5, 5.41) is 4.27. The van der Waals surface area contributed by atoms with E-state index in [1.807, 2.05) is 6.92 Å². The fourth-order valence-electron chi connectivity index (χ4n) is 4.27. The summed E-state index contributed by atoms with van der Waals surface area (Å²) in [7, 11) is -3.50. The number of hydrogen-bond acceptors (Lipinski definition) is 4. The molecule has 1 N–H and O–H groups in total. The van der Waals surface area contributed by atoms with Crippen LogP contribution in [-0.4, -0.2) is 48.3 Å². The summed E-state index contributed by atoms with van der Waals surface area (Å²) in [5.41, 5.74) is 0.575. The SMILES string of the molecule is CCn1cc(S(=O)(=O)NC2CCCN(C3CCCCCC3)C2)c(C)n1. The number of nitrogens with one attached hydrogen (secondary N) is 1. The van der Waals surface area contributed by atoms with Crippen LogP contribution in [0.3, 0.4) is 0 Å². The molecule has 0 bridgehead atoms. The summed E-state index contributed by atoms with van der Waals surface area (Å²) in [6.45, 7) is 6.34. The molecule has 0 aromatic carbocycles. The average molecular weight is 369 g/mol. The smallest absolute Gasteiger partial charge is 0.244 e. The van der Waals surface area contributed by atoms with Crippen molar-refractivity contribution in [2.24, 2.45) is 0 Å². The number of rotatable bonds is 5. The van der Waals surface area contributed by atoms with Crippen molar-refractivity contribution in [1.29, 1.82) is 0 Å². The summed E-state index contributed by atoms with van der Waals surface area (Å²) in [6, 6.07) is 0.644. The van der Waals surface area contributed by atoms with Gasteiger partial charge in [0.05, 0.1) is 5.69 Å². The molecule has 6 nitrogen and oxygen atoms in total. The highest BCUT2D eigenvalue weighted by Crippen LogP contribution is 2.25. The zero-order chi connectivity index (χ0) is 17.9. The van der Waals surface area contributed by atoms with Gasteiger partial charge in [0.15, 0.2) is 0 Å². The van der Waals surface area contributed by atoms with Crippen molar-refractivity contribution in [2.45, 2.75) is 88.7 Å². The van der Waals surface area contributed by atoms with Gasteiger partial charge < -0.3 is 0 Å². The van der Waals surface area contributed by atoms with Gasteiger partial charge in [0.25, 0.3) is 0 Å². The predicted molar refractivity (Wildman–Crippen MR) is 99.0 cm³/mol. The molecule has 0 radical (unpaired) electrons. The largest absolute Gasteiger partial charge is 0.299 e. The molecule has 25 heavy (non-hydrogen) atoms. The number of nitrogens with zero attached hydrogens (tertiary/aromatic N) is 3. The predicted octanol–water partition coefficient (Wildman–Crippen LogP) is 2.68. The van der Waals surface area contributed by atoms with Gasteiger partial charge in [-0.3, -0.25) is 9.58 Å². The lowest BCUT2D eigenvalue weighted by Crippen LogP contribution is -2.50. The van der Waals surface area contributed by atoms with E-state index in [1.165, 1.54) is 38.5 Å². The lowest BCUT2D eigenvalue weighted by molar-refractivity contribution is 0.132. The molecule has 142 valence electrons. The first-order valence-corrected chi connectivity index (χ1v) is 11.3. The minimum Gasteiger partial charge on any atom is -0.299 e. The van der Waals surface area contributed by atoms with E-state index in [-0.39, 0.29) is 6.04 Å². The van der Waals surface area contributed by atoms with E-state index in [9.17, 15) is 8.42 Å². The Kier molecular flexibility index (Phi) is 6.17. The molecule has 1 aromatic heterocycles. The molecule has 0 spiro atoms. The number of sulfonamides is 1. The molecular formula is C18H32N4O2S. The van der Waals surface area contributed by atoms with Crippen LogP contribution in [0.4, 0.5) is 0 Å². The van der Waals surface area contributed by atoms with Gasteiger partial charge in [0.1, 0.15) is 4.90 Å². The first-order chi connectivity index (χ1) is 12.0. The fourth-order valence-corrected chi connectivity index (χ4v) is 5.71. The maximum Gasteiger partial charge on any atom is 0.244 e. The van der Waals surface area contributed by atoms with Crippen LogP contribution in [0.15, 0.2) is 11.1 Å². The second-order valence-electron chi connectivity index (χ2n) is 7.54. The summed E-state index contributed by atoms with van der Waals surface area (Å²) in [6.07, 6.45) is 11.5. The Morgan fingerprint density at radius 3 is 2.52 bits per heavy atom. The van der Waals surface area contributed by atoms with E-state index in [1.54, 1.807) is 17.8 Å². The Labute approximate surface area is 152 Å². The minimum atomic E-state index is -3.50. The number of piperidine rings is 1. The van der Waals surface area contributed by atoms with E-state index in [0.717, 1.165) is 25.9 Å². The van der Waals surface area contributed by atoms with Crippen molar-refractivity contribution in [2.75, 3.05) is 13.1 Å². The van der Waals surface area contributed by atoms with Crippen LogP contribution in [0.1, 0.15) is 64.0 Å². The summed E-state index contributed by atoms with van der Waals surface area (Å²) in [5.74, 6) is 0. The Morgan fingerprint density at radius 1 is 1.16 bits per heavy atom. The van der Waals surface area contributed by atoms with Crippen LogP contribution in [0.25, 0.3) is 0 Å². The van der Waals surface area contributed by atoms with Crippen molar-refractivity contribution in [3.8, 4) is 0 Å². The minimum absolute atomic E-state index is 0.00591. The molecule has 1 aliphatic carbocycles. The molecule has 3 rings (SSSR count). The van der Waals surface area contributed by atoms with E-state index in [4.69, 9.17) is 0 Å². The Bertz CT molecular complexity index is 663. The van der Waals surface area contributed by atoms with Gasteiger partial charge in [0, 0.05) is 31.4 Å². The summed E-state index contributed by atoms with van der Waals surface area (Å²) >= 11 is 0. The van der Waals surface area contributed by atoms with Crippen molar-refractivity contribution in [1.82, 2.24) is 19.4 Å². The quantitative estimate of drug-likeness (QED) is 0.812. The van der Waals surface area contributed by atoms with Crippen LogP contribution in [-0.2, 0) is 16.6 Å². The molecule has 2 heterocycles. The van der Waals surface area contributed by atoms with Crippen LogP contribution < -0.4 is 4.72 Å². The first kappa shape index (κ1) is 18.9. The molecule has 2 fully saturated rings. The van der Waals surface area contributed by atoms with Gasteiger partial charge in [0.2, 0.25) is 10.0 Å². The molecule has 1 saturated carbocycles. The van der Waals surface area contributed by atoms with Crippen LogP contribution in [0.2, 0.25) is 0 Å². The van der Waals surface area contributed by atoms with Gasteiger partial charge in [-0.2, -0.15) is 5.10 Å². The second kappa shape index (κ2) is 8.18. The molecule has 7 heteroatoms. The van der Waals surface area contributed by atoms with Gasteiger partial charge >= 0.3 is 0 Å². The maximum atomic E-state index is 12.8. The third-order valence-electron chi connectivity index (χ3n) is 5.63. The number of likely N-dealkylation sites (tertiary alicyclic amines) is 1. The zero-order valence-electron chi connectivity index (χ0n) is 15.6.